The first-order valence-corrected chi connectivity index (χ1v) is 13.2. The number of piperidine rings is 1. The predicted molar refractivity (Wildman–Crippen MR) is 125 cm³/mol. The van der Waals surface area contributed by atoms with Crippen molar-refractivity contribution < 1.29 is 13.2 Å². The Morgan fingerprint density at radius 1 is 1.19 bits per heavy atom. The van der Waals surface area contributed by atoms with Crippen LogP contribution in [0.1, 0.15) is 49.0 Å². The molecule has 3 heterocycles. The van der Waals surface area contributed by atoms with Gasteiger partial charge in [0, 0.05) is 25.7 Å². The molecule has 2 saturated heterocycles. The van der Waals surface area contributed by atoms with E-state index in [0.29, 0.717) is 18.8 Å². The highest BCUT2D eigenvalue weighted by Crippen LogP contribution is 2.27. The zero-order chi connectivity index (χ0) is 22.7. The Labute approximate surface area is 190 Å². The summed E-state index contributed by atoms with van der Waals surface area (Å²) in [5, 5.41) is 10.1. The van der Waals surface area contributed by atoms with Crippen LogP contribution in [0.5, 0.6) is 0 Å². The standard InChI is InChI=1S/C23H33N5O3S/c1-17-4-3-10-27(14-17)15-20-7-5-19(6-8-20)13-24-23(29)25-22-12-18(2)26-28(22)21-9-11-32(30,31)16-21/h5-8,12,17,21H,3-4,9-11,13-16H2,1-2H3,(H2,24,25,29)/t17-,21-/m0/s1. The lowest BCUT2D eigenvalue weighted by atomic mass is 9.99. The summed E-state index contributed by atoms with van der Waals surface area (Å²) < 4.78 is 25.3. The second-order valence-electron chi connectivity index (χ2n) is 9.28. The zero-order valence-corrected chi connectivity index (χ0v) is 19.7. The second kappa shape index (κ2) is 9.62. The van der Waals surface area contributed by atoms with Crippen LogP contribution >= 0.6 is 0 Å². The van der Waals surface area contributed by atoms with Crippen LogP contribution in [0.25, 0.3) is 0 Å². The number of carbonyl (C=O) groups is 1. The number of nitrogens with one attached hydrogen (secondary N) is 2. The Hall–Kier alpha value is -2.39. The highest BCUT2D eigenvalue weighted by Gasteiger charge is 2.31. The van der Waals surface area contributed by atoms with Crippen molar-refractivity contribution in [3.63, 3.8) is 0 Å². The number of amides is 2. The maximum atomic E-state index is 12.5. The van der Waals surface area contributed by atoms with Gasteiger partial charge in [0.05, 0.1) is 23.2 Å². The minimum atomic E-state index is -3.03. The van der Waals surface area contributed by atoms with E-state index in [0.717, 1.165) is 36.8 Å². The van der Waals surface area contributed by atoms with Gasteiger partial charge in [-0.25, -0.2) is 17.9 Å². The van der Waals surface area contributed by atoms with E-state index in [1.54, 1.807) is 10.7 Å². The molecule has 174 valence electrons. The van der Waals surface area contributed by atoms with Gasteiger partial charge in [-0.1, -0.05) is 31.2 Å². The number of aryl methyl sites for hydroxylation is 1. The summed E-state index contributed by atoms with van der Waals surface area (Å²) in [5.74, 6) is 1.51. The van der Waals surface area contributed by atoms with Crippen molar-refractivity contribution in [3.8, 4) is 0 Å². The van der Waals surface area contributed by atoms with Crippen LogP contribution in [-0.2, 0) is 22.9 Å². The van der Waals surface area contributed by atoms with Crippen LogP contribution in [-0.4, -0.2) is 53.7 Å². The molecule has 2 atom stereocenters. The Balaban J connectivity index is 1.29. The van der Waals surface area contributed by atoms with Crippen molar-refractivity contribution in [2.75, 3.05) is 29.9 Å². The Morgan fingerprint density at radius 2 is 1.94 bits per heavy atom. The number of urea groups is 1. The molecule has 0 bridgehead atoms. The van der Waals surface area contributed by atoms with Gasteiger partial charge in [0.25, 0.3) is 0 Å². The topological polar surface area (TPSA) is 96.3 Å². The van der Waals surface area contributed by atoms with Gasteiger partial charge in [0.15, 0.2) is 9.84 Å². The molecular formula is C23H33N5O3S. The molecule has 1 aromatic carbocycles. The number of likely N-dealkylation sites (tertiary alicyclic amines) is 1. The van der Waals surface area contributed by atoms with Gasteiger partial charge < -0.3 is 5.32 Å². The minimum absolute atomic E-state index is 0.0626. The van der Waals surface area contributed by atoms with E-state index in [4.69, 9.17) is 0 Å². The molecule has 2 fully saturated rings. The quantitative estimate of drug-likeness (QED) is 0.692. The van der Waals surface area contributed by atoms with E-state index in [1.807, 2.05) is 6.92 Å². The summed E-state index contributed by atoms with van der Waals surface area (Å²) in [6.45, 7) is 7.85. The normalized spacial score (nSPS) is 23.2. The van der Waals surface area contributed by atoms with Gasteiger partial charge in [0.1, 0.15) is 5.82 Å². The van der Waals surface area contributed by atoms with E-state index < -0.39 is 9.84 Å². The van der Waals surface area contributed by atoms with E-state index in [9.17, 15) is 13.2 Å². The van der Waals surface area contributed by atoms with Gasteiger partial charge in [-0.2, -0.15) is 5.10 Å². The van der Waals surface area contributed by atoms with Crippen LogP contribution in [0.15, 0.2) is 30.3 Å². The minimum Gasteiger partial charge on any atom is -0.334 e. The third-order valence-corrected chi connectivity index (χ3v) is 8.03. The lowest BCUT2D eigenvalue weighted by molar-refractivity contribution is 0.176. The first-order valence-electron chi connectivity index (χ1n) is 11.4. The molecule has 2 aromatic rings. The second-order valence-corrected chi connectivity index (χ2v) is 11.5. The summed E-state index contributed by atoms with van der Waals surface area (Å²) >= 11 is 0. The molecule has 1 aromatic heterocycles. The molecule has 0 unspecified atom stereocenters. The van der Waals surface area contributed by atoms with Crippen molar-refractivity contribution in [2.24, 2.45) is 5.92 Å². The first kappa shape index (κ1) is 22.8. The lowest BCUT2D eigenvalue weighted by Crippen LogP contribution is -2.33. The molecular weight excluding hydrogens is 426 g/mol. The van der Waals surface area contributed by atoms with Gasteiger partial charge in [-0.3, -0.25) is 10.2 Å². The van der Waals surface area contributed by atoms with Gasteiger partial charge in [0.2, 0.25) is 0 Å². The SMILES string of the molecule is Cc1cc(NC(=O)NCc2ccc(CN3CCC[C@H](C)C3)cc2)n([C@H]2CCS(=O)(=O)C2)n1. The van der Waals surface area contributed by atoms with Crippen LogP contribution in [0.4, 0.5) is 10.6 Å². The molecule has 0 radical (unpaired) electrons. The molecule has 0 aliphatic carbocycles. The number of hydrogen-bond donors (Lipinski definition) is 2. The first-order chi connectivity index (χ1) is 15.3. The molecule has 9 heteroatoms. The molecule has 2 aliphatic rings. The third-order valence-electron chi connectivity index (χ3n) is 6.28. The number of nitrogens with zero attached hydrogens (tertiary/aromatic N) is 3. The number of benzene rings is 1. The Bertz CT molecular complexity index is 1050. The molecule has 0 spiro atoms. The number of carbonyl (C=O) groups excluding carboxylic acids is 1. The van der Waals surface area contributed by atoms with Gasteiger partial charge in [-0.15, -0.1) is 0 Å². The fourth-order valence-electron chi connectivity index (χ4n) is 4.65. The average molecular weight is 460 g/mol. The van der Waals surface area contributed by atoms with Crippen molar-refractivity contribution in [1.82, 2.24) is 20.0 Å². The monoisotopic (exact) mass is 459 g/mol. The highest BCUT2D eigenvalue weighted by atomic mass is 32.2. The Morgan fingerprint density at radius 3 is 2.62 bits per heavy atom. The fourth-order valence-corrected chi connectivity index (χ4v) is 6.34. The number of anilines is 1. The van der Waals surface area contributed by atoms with Gasteiger partial charge >= 0.3 is 6.03 Å². The molecule has 0 saturated carbocycles. The predicted octanol–water partition coefficient (Wildman–Crippen LogP) is 3.10. The van der Waals surface area contributed by atoms with Crippen LogP contribution in [0.3, 0.4) is 0 Å². The Kier molecular flexibility index (Phi) is 6.85. The van der Waals surface area contributed by atoms with Crippen molar-refractivity contribution in [1.29, 1.82) is 0 Å². The summed E-state index contributed by atoms with van der Waals surface area (Å²) in [4.78, 5) is 15.0. The number of aromatic nitrogens is 2. The molecule has 2 N–H and O–H groups in total. The van der Waals surface area contributed by atoms with E-state index in [-0.39, 0.29) is 23.6 Å². The van der Waals surface area contributed by atoms with Crippen molar-refractivity contribution in [3.05, 3.63) is 47.2 Å². The lowest BCUT2D eigenvalue weighted by Gasteiger charge is -2.30. The molecule has 8 nitrogen and oxygen atoms in total. The number of rotatable bonds is 6. The largest absolute Gasteiger partial charge is 0.334 e. The van der Waals surface area contributed by atoms with E-state index in [1.165, 1.54) is 18.4 Å². The fraction of sp³-hybridized carbons (Fsp3) is 0.565. The molecule has 2 aliphatic heterocycles. The summed E-state index contributed by atoms with van der Waals surface area (Å²) in [6, 6.07) is 9.57. The van der Waals surface area contributed by atoms with Crippen molar-refractivity contribution >= 4 is 21.7 Å². The third kappa shape index (κ3) is 5.89. The van der Waals surface area contributed by atoms with E-state index >= 15 is 0 Å². The van der Waals surface area contributed by atoms with Crippen LogP contribution in [0.2, 0.25) is 0 Å². The molecule has 2 amide bonds. The van der Waals surface area contributed by atoms with Crippen molar-refractivity contribution in [2.45, 2.75) is 52.2 Å². The maximum Gasteiger partial charge on any atom is 0.320 e. The summed E-state index contributed by atoms with van der Waals surface area (Å²) in [6.07, 6.45) is 3.11. The summed E-state index contributed by atoms with van der Waals surface area (Å²) in [7, 11) is -3.03. The molecule has 32 heavy (non-hydrogen) atoms. The number of hydrogen-bond acceptors (Lipinski definition) is 5. The number of sulfone groups is 1. The van der Waals surface area contributed by atoms with Crippen LogP contribution in [0, 0.1) is 12.8 Å². The van der Waals surface area contributed by atoms with E-state index in [2.05, 4.69) is 51.8 Å². The zero-order valence-electron chi connectivity index (χ0n) is 18.9. The highest BCUT2D eigenvalue weighted by molar-refractivity contribution is 7.91. The maximum absolute atomic E-state index is 12.5. The molecule has 4 rings (SSSR count). The van der Waals surface area contributed by atoms with Gasteiger partial charge in [-0.05, 0) is 49.8 Å². The smallest absolute Gasteiger partial charge is 0.320 e. The van der Waals surface area contributed by atoms with Crippen LogP contribution < -0.4 is 10.6 Å². The summed E-state index contributed by atoms with van der Waals surface area (Å²) in [5.41, 5.74) is 3.06. The average Bonchev–Trinajstić information content (AvgIpc) is 3.28.